The summed E-state index contributed by atoms with van der Waals surface area (Å²) in [5.41, 5.74) is 1.76. The fourth-order valence-corrected chi connectivity index (χ4v) is 3.06. The normalized spacial score (nSPS) is 13.6. The van der Waals surface area contributed by atoms with Gasteiger partial charge in [-0.1, -0.05) is 0 Å². The number of benzene rings is 1. The summed E-state index contributed by atoms with van der Waals surface area (Å²) >= 11 is 0. The molecule has 1 unspecified atom stereocenters. The number of fused-ring (bicyclic) bond motifs is 1. The van der Waals surface area contributed by atoms with Crippen LogP contribution in [-0.2, 0) is 16.4 Å². The molecule has 1 aromatic carbocycles. The minimum atomic E-state index is -2.97. The molecule has 1 heterocycles. The Labute approximate surface area is 118 Å². The Morgan fingerprint density at radius 3 is 2.85 bits per heavy atom. The Kier molecular flexibility index (Phi) is 4.29. The van der Waals surface area contributed by atoms with E-state index >= 15 is 0 Å². The van der Waals surface area contributed by atoms with E-state index in [1.165, 1.54) is 6.26 Å². The third kappa shape index (κ3) is 3.94. The number of hydrogen-bond donors (Lipinski definition) is 2. The molecule has 110 valence electrons. The van der Waals surface area contributed by atoms with Gasteiger partial charge < -0.3 is 15.0 Å². The molecule has 0 spiro atoms. The van der Waals surface area contributed by atoms with Gasteiger partial charge in [-0.3, -0.25) is 0 Å². The van der Waals surface area contributed by atoms with Gasteiger partial charge in [0.15, 0.2) is 0 Å². The maximum absolute atomic E-state index is 11.2. The highest BCUT2D eigenvalue weighted by Crippen LogP contribution is 2.18. The first-order valence-corrected chi connectivity index (χ1v) is 8.37. The Balaban J connectivity index is 2.03. The lowest BCUT2D eigenvalue weighted by Crippen LogP contribution is -2.32. The molecule has 0 fully saturated rings. The van der Waals surface area contributed by atoms with Gasteiger partial charge in [0.05, 0.1) is 30.4 Å². The average molecular weight is 297 g/mol. The Hall–Kier alpha value is -1.60. The van der Waals surface area contributed by atoms with Crippen molar-refractivity contribution in [3.05, 3.63) is 24.0 Å². The highest BCUT2D eigenvalue weighted by molar-refractivity contribution is 7.90. The van der Waals surface area contributed by atoms with E-state index in [0.717, 1.165) is 22.6 Å². The van der Waals surface area contributed by atoms with Crippen LogP contribution in [0.4, 0.5) is 0 Å². The average Bonchev–Trinajstić information content (AvgIpc) is 2.75. The second-order valence-electron chi connectivity index (χ2n) is 4.94. The monoisotopic (exact) mass is 297 g/mol. The minimum absolute atomic E-state index is 0.112. The first kappa shape index (κ1) is 14.8. The molecule has 7 heteroatoms. The number of rotatable bonds is 6. The summed E-state index contributed by atoms with van der Waals surface area (Å²) in [5, 5.41) is 3.14. The van der Waals surface area contributed by atoms with Gasteiger partial charge in [-0.05, 0) is 19.1 Å². The molecule has 0 bridgehead atoms. The molecule has 6 nitrogen and oxygen atoms in total. The van der Waals surface area contributed by atoms with E-state index in [1.807, 2.05) is 25.1 Å². The van der Waals surface area contributed by atoms with Gasteiger partial charge in [-0.15, -0.1) is 0 Å². The molecule has 2 N–H and O–H groups in total. The smallest absolute Gasteiger partial charge is 0.148 e. The number of imidazole rings is 1. The molecule has 0 aliphatic rings. The first-order valence-electron chi connectivity index (χ1n) is 6.31. The van der Waals surface area contributed by atoms with Crippen LogP contribution < -0.4 is 10.1 Å². The number of ether oxygens (including phenoxy) is 1. The fraction of sp³-hybridized carbons (Fsp3) is 0.462. The van der Waals surface area contributed by atoms with Crippen molar-refractivity contribution in [1.29, 1.82) is 0 Å². The predicted molar refractivity (Wildman–Crippen MR) is 78.7 cm³/mol. The van der Waals surface area contributed by atoms with Gasteiger partial charge in [-0.2, -0.15) is 0 Å². The molecule has 0 saturated carbocycles. The van der Waals surface area contributed by atoms with Crippen LogP contribution >= 0.6 is 0 Å². The largest absolute Gasteiger partial charge is 0.497 e. The molecule has 0 saturated heterocycles. The van der Waals surface area contributed by atoms with E-state index < -0.39 is 9.84 Å². The summed E-state index contributed by atoms with van der Waals surface area (Å²) in [6.07, 6.45) is 1.23. The summed E-state index contributed by atoms with van der Waals surface area (Å²) in [6, 6.07) is 5.50. The molecule has 20 heavy (non-hydrogen) atoms. The number of methoxy groups -OCH3 is 1. The van der Waals surface area contributed by atoms with E-state index in [0.29, 0.717) is 6.54 Å². The molecule has 2 aromatic rings. The van der Waals surface area contributed by atoms with Gasteiger partial charge in [0.2, 0.25) is 0 Å². The summed E-state index contributed by atoms with van der Waals surface area (Å²) in [7, 11) is -1.35. The van der Waals surface area contributed by atoms with Gasteiger partial charge in [0.25, 0.3) is 0 Å². The van der Waals surface area contributed by atoms with Crippen molar-refractivity contribution in [1.82, 2.24) is 15.3 Å². The van der Waals surface area contributed by atoms with Crippen molar-refractivity contribution >= 4 is 20.9 Å². The third-order valence-corrected chi connectivity index (χ3v) is 4.01. The van der Waals surface area contributed by atoms with Gasteiger partial charge in [-0.25, -0.2) is 13.4 Å². The maximum atomic E-state index is 11.2. The third-order valence-electron chi connectivity index (χ3n) is 2.91. The Morgan fingerprint density at radius 2 is 2.20 bits per heavy atom. The number of H-pyrrole nitrogens is 1. The van der Waals surface area contributed by atoms with E-state index in [-0.39, 0.29) is 11.8 Å². The van der Waals surface area contributed by atoms with Crippen LogP contribution in [0.25, 0.3) is 11.0 Å². The second-order valence-corrected chi connectivity index (χ2v) is 7.13. The maximum Gasteiger partial charge on any atom is 0.148 e. The van der Waals surface area contributed by atoms with Crippen molar-refractivity contribution in [3.8, 4) is 5.75 Å². The Morgan fingerprint density at radius 1 is 1.45 bits per heavy atom. The molecule has 1 aromatic heterocycles. The number of aromatic nitrogens is 2. The van der Waals surface area contributed by atoms with Crippen molar-refractivity contribution in [2.45, 2.75) is 19.5 Å². The first-order chi connectivity index (χ1) is 9.37. The number of nitrogens with one attached hydrogen (secondary N) is 2. The van der Waals surface area contributed by atoms with Gasteiger partial charge in [0, 0.05) is 18.4 Å². The van der Waals surface area contributed by atoms with Crippen LogP contribution in [0.2, 0.25) is 0 Å². The van der Waals surface area contributed by atoms with E-state index in [2.05, 4.69) is 15.3 Å². The molecule has 0 amide bonds. The molecular weight excluding hydrogens is 278 g/mol. The minimum Gasteiger partial charge on any atom is -0.497 e. The highest BCUT2D eigenvalue weighted by Gasteiger charge is 2.11. The van der Waals surface area contributed by atoms with Gasteiger partial charge >= 0.3 is 0 Å². The molecular formula is C13H19N3O3S. The molecule has 2 rings (SSSR count). The van der Waals surface area contributed by atoms with Crippen LogP contribution in [0.15, 0.2) is 18.2 Å². The Bertz CT molecular complexity index is 694. The van der Waals surface area contributed by atoms with E-state index in [1.54, 1.807) is 7.11 Å². The second kappa shape index (κ2) is 5.80. The van der Waals surface area contributed by atoms with Crippen LogP contribution in [-0.4, -0.2) is 43.5 Å². The van der Waals surface area contributed by atoms with Crippen molar-refractivity contribution in [2.75, 3.05) is 19.1 Å². The van der Waals surface area contributed by atoms with E-state index in [4.69, 9.17) is 4.74 Å². The van der Waals surface area contributed by atoms with Crippen LogP contribution in [0.3, 0.4) is 0 Å². The van der Waals surface area contributed by atoms with Gasteiger partial charge in [0.1, 0.15) is 21.4 Å². The van der Waals surface area contributed by atoms with Crippen molar-refractivity contribution in [2.24, 2.45) is 0 Å². The SMILES string of the molecule is COc1ccc2nc(CNC(C)CS(C)(=O)=O)[nH]c2c1. The van der Waals surface area contributed by atoms with Crippen LogP contribution in [0.1, 0.15) is 12.7 Å². The highest BCUT2D eigenvalue weighted by atomic mass is 32.2. The topological polar surface area (TPSA) is 84.1 Å². The zero-order valence-electron chi connectivity index (χ0n) is 11.8. The quantitative estimate of drug-likeness (QED) is 0.834. The summed E-state index contributed by atoms with van der Waals surface area (Å²) in [6.45, 7) is 2.33. The number of hydrogen-bond acceptors (Lipinski definition) is 5. The molecule has 0 aliphatic carbocycles. The lowest BCUT2D eigenvalue weighted by Gasteiger charge is -2.10. The van der Waals surface area contributed by atoms with Crippen molar-refractivity contribution in [3.63, 3.8) is 0 Å². The zero-order valence-corrected chi connectivity index (χ0v) is 12.6. The lowest BCUT2D eigenvalue weighted by molar-refractivity contribution is 0.415. The van der Waals surface area contributed by atoms with Crippen molar-refractivity contribution < 1.29 is 13.2 Å². The molecule has 1 atom stereocenters. The van der Waals surface area contributed by atoms with Crippen LogP contribution in [0, 0.1) is 0 Å². The summed E-state index contributed by atoms with van der Waals surface area (Å²) in [4.78, 5) is 7.62. The summed E-state index contributed by atoms with van der Waals surface area (Å²) in [5.74, 6) is 1.65. The van der Waals surface area contributed by atoms with E-state index in [9.17, 15) is 8.42 Å². The van der Waals surface area contributed by atoms with Crippen LogP contribution in [0.5, 0.6) is 5.75 Å². The predicted octanol–water partition coefficient (Wildman–Crippen LogP) is 1.09. The standard InChI is InChI=1S/C13H19N3O3S/c1-9(8-20(3,17)18)14-7-13-15-11-5-4-10(19-2)6-12(11)16-13/h4-6,9,14H,7-8H2,1-3H3,(H,15,16). The number of aromatic amines is 1. The summed E-state index contributed by atoms with van der Waals surface area (Å²) < 4.78 is 27.5. The fourth-order valence-electron chi connectivity index (χ4n) is 2.04. The molecule has 0 radical (unpaired) electrons. The number of nitrogens with zero attached hydrogens (tertiary/aromatic N) is 1. The lowest BCUT2D eigenvalue weighted by atomic mass is 10.3. The number of sulfone groups is 1. The molecule has 0 aliphatic heterocycles. The zero-order chi connectivity index (χ0) is 14.8.